The van der Waals surface area contributed by atoms with E-state index in [9.17, 15) is 5.11 Å². The van der Waals surface area contributed by atoms with E-state index >= 15 is 0 Å². The summed E-state index contributed by atoms with van der Waals surface area (Å²) in [5.41, 5.74) is 2.99. The van der Waals surface area contributed by atoms with Crippen LogP contribution in [0.4, 0.5) is 5.69 Å². The summed E-state index contributed by atoms with van der Waals surface area (Å²) in [6.45, 7) is 9.29. The molecule has 19 heavy (non-hydrogen) atoms. The summed E-state index contributed by atoms with van der Waals surface area (Å²) in [5, 5.41) is 9.27. The fourth-order valence-electron chi connectivity index (χ4n) is 3.06. The highest BCUT2D eigenvalue weighted by molar-refractivity contribution is 9.10. The van der Waals surface area contributed by atoms with Gasteiger partial charge in [-0.1, -0.05) is 29.8 Å². The van der Waals surface area contributed by atoms with Gasteiger partial charge in [0.25, 0.3) is 0 Å². The van der Waals surface area contributed by atoms with Crippen molar-refractivity contribution < 1.29 is 5.11 Å². The molecule has 0 radical (unpaired) electrons. The molecule has 0 aliphatic carbocycles. The molecule has 2 nitrogen and oxygen atoms in total. The topological polar surface area (TPSA) is 23.5 Å². The Kier molecular flexibility index (Phi) is 4.57. The summed E-state index contributed by atoms with van der Waals surface area (Å²) in [6.07, 6.45) is 2.09. The van der Waals surface area contributed by atoms with Crippen LogP contribution in [0.3, 0.4) is 0 Å². The summed E-state index contributed by atoms with van der Waals surface area (Å²) in [4.78, 5) is 2.48. The summed E-state index contributed by atoms with van der Waals surface area (Å²) < 4.78 is 1.14. The zero-order chi connectivity index (χ0) is 14.0. The van der Waals surface area contributed by atoms with Crippen LogP contribution < -0.4 is 4.90 Å². The van der Waals surface area contributed by atoms with Crippen LogP contribution in [0.25, 0.3) is 0 Å². The van der Waals surface area contributed by atoms with Crippen molar-refractivity contribution >= 4 is 21.6 Å². The smallest absolute Gasteiger partial charge is 0.0434 e. The Morgan fingerprint density at radius 1 is 1.42 bits per heavy atom. The second-order valence-electron chi connectivity index (χ2n) is 6.32. The van der Waals surface area contributed by atoms with Crippen molar-refractivity contribution in [1.29, 1.82) is 0 Å². The minimum atomic E-state index is 0.293. The molecule has 1 aliphatic rings. The van der Waals surface area contributed by atoms with E-state index in [-0.39, 0.29) is 0 Å². The number of aryl methyl sites for hydroxylation is 1. The zero-order valence-electron chi connectivity index (χ0n) is 12.1. The molecule has 0 saturated carbocycles. The Bertz CT molecular complexity index is 444. The maximum Gasteiger partial charge on any atom is 0.0434 e. The molecule has 0 spiro atoms. The number of hydrogen-bond acceptors (Lipinski definition) is 2. The van der Waals surface area contributed by atoms with Gasteiger partial charge < -0.3 is 10.0 Å². The fourth-order valence-corrected chi connectivity index (χ4v) is 3.54. The lowest BCUT2D eigenvalue weighted by Crippen LogP contribution is -2.45. The highest BCUT2D eigenvalue weighted by atomic mass is 79.9. The molecule has 1 saturated heterocycles. The zero-order valence-corrected chi connectivity index (χ0v) is 13.7. The van der Waals surface area contributed by atoms with E-state index in [1.165, 1.54) is 17.7 Å². The van der Waals surface area contributed by atoms with Gasteiger partial charge >= 0.3 is 0 Å². The van der Waals surface area contributed by atoms with Crippen LogP contribution in [0.1, 0.15) is 32.3 Å². The molecule has 0 bridgehead atoms. The van der Waals surface area contributed by atoms with Crippen molar-refractivity contribution in [2.75, 3.05) is 24.6 Å². The number of nitrogens with zero attached hydrogens (tertiary/aromatic N) is 1. The number of aliphatic hydroxyl groups excluding tert-OH is 1. The number of rotatable bonds is 3. The molecule has 106 valence electrons. The summed E-state index contributed by atoms with van der Waals surface area (Å²) in [6, 6.07) is 6.49. The lowest BCUT2D eigenvalue weighted by atomic mass is 9.72. The van der Waals surface area contributed by atoms with Gasteiger partial charge in [-0.15, -0.1) is 0 Å². The second kappa shape index (κ2) is 5.84. The van der Waals surface area contributed by atoms with Crippen molar-refractivity contribution in [3.05, 3.63) is 28.2 Å². The number of piperidine rings is 1. The second-order valence-corrected chi connectivity index (χ2v) is 7.24. The minimum absolute atomic E-state index is 0.293. The van der Waals surface area contributed by atoms with Gasteiger partial charge in [-0.2, -0.15) is 0 Å². The molecule has 1 aliphatic heterocycles. The van der Waals surface area contributed by atoms with Crippen molar-refractivity contribution in [3.63, 3.8) is 0 Å². The molecule has 2 rings (SSSR count). The van der Waals surface area contributed by atoms with Crippen LogP contribution in [0.15, 0.2) is 22.7 Å². The third-order valence-corrected chi connectivity index (χ3v) is 5.04. The fraction of sp³-hybridized carbons (Fsp3) is 0.625. The quantitative estimate of drug-likeness (QED) is 0.908. The average molecular weight is 326 g/mol. The Balaban J connectivity index is 2.18. The summed E-state index contributed by atoms with van der Waals surface area (Å²) >= 11 is 3.52. The first kappa shape index (κ1) is 14.9. The Morgan fingerprint density at radius 3 is 2.79 bits per heavy atom. The van der Waals surface area contributed by atoms with Gasteiger partial charge in [0.05, 0.1) is 0 Å². The monoisotopic (exact) mass is 325 g/mol. The van der Waals surface area contributed by atoms with Crippen LogP contribution in [-0.2, 0) is 0 Å². The molecule has 1 heterocycles. The molecule has 0 amide bonds. The summed E-state index contributed by atoms with van der Waals surface area (Å²) in [7, 11) is 0. The largest absolute Gasteiger partial charge is 0.396 e. The van der Waals surface area contributed by atoms with E-state index < -0.39 is 0 Å². The Hall–Kier alpha value is -0.540. The molecule has 1 aromatic carbocycles. The molecular formula is C16H24BrNO. The number of benzene rings is 1. The van der Waals surface area contributed by atoms with Gasteiger partial charge in [-0.05, 0) is 54.9 Å². The van der Waals surface area contributed by atoms with Crippen LogP contribution >= 0.6 is 15.9 Å². The number of aliphatic hydroxyl groups is 1. The van der Waals surface area contributed by atoms with Gasteiger partial charge in [-0.25, -0.2) is 0 Å². The van der Waals surface area contributed by atoms with E-state index in [0.29, 0.717) is 17.9 Å². The first-order chi connectivity index (χ1) is 8.94. The van der Waals surface area contributed by atoms with Gasteiger partial charge in [0.15, 0.2) is 0 Å². The first-order valence-corrected chi connectivity index (χ1v) is 7.85. The van der Waals surface area contributed by atoms with Crippen molar-refractivity contribution in [3.8, 4) is 0 Å². The van der Waals surface area contributed by atoms with Crippen LogP contribution in [0.2, 0.25) is 0 Å². The minimum Gasteiger partial charge on any atom is -0.396 e. The Labute approximate surface area is 124 Å². The highest BCUT2D eigenvalue weighted by Gasteiger charge is 2.35. The SMILES string of the molecule is Cc1cc(Br)ccc1N1CCC(C)(C)C(CCO)C1. The van der Waals surface area contributed by atoms with Crippen molar-refractivity contribution in [2.24, 2.45) is 11.3 Å². The molecule has 0 aromatic heterocycles. The molecule has 1 atom stereocenters. The third kappa shape index (κ3) is 3.32. The highest BCUT2D eigenvalue weighted by Crippen LogP contribution is 2.39. The lowest BCUT2D eigenvalue weighted by molar-refractivity contribution is 0.132. The van der Waals surface area contributed by atoms with E-state index in [1.807, 2.05) is 0 Å². The van der Waals surface area contributed by atoms with E-state index in [2.05, 4.69) is 59.8 Å². The van der Waals surface area contributed by atoms with E-state index in [0.717, 1.165) is 24.0 Å². The standard InChI is InChI=1S/C16H24BrNO/c1-12-10-14(17)4-5-15(12)18-8-7-16(2,3)13(11-18)6-9-19/h4-5,10,13,19H,6-9,11H2,1-3H3. The molecule has 1 aromatic rings. The van der Waals surface area contributed by atoms with Crippen molar-refractivity contribution in [1.82, 2.24) is 0 Å². The number of anilines is 1. The Morgan fingerprint density at radius 2 is 2.16 bits per heavy atom. The van der Waals surface area contributed by atoms with Crippen LogP contribution in [-0.4, -0.2) is 24.8 Å². The first-order valence-electron chi connectivity index (χ1n) is 7.06. The molecule has 1 fully saturated rings. The molecule has 1 N–H and O–H groups in total. The molecule has 1 unspecified atom stereocenters. The lowest BCUT2D eigenvalue weighted by Gasteiger charge is -2.45. The van der Waals surface area contributed by atoms with Gasteiger partial charge in [0.1, 0.15) is 0 Å². The normalized spacial score (nSPS) is 22.6. The maximum atomic E-state index is 9.27. The maximum absolute atomic E-state index is 9.27. The van der Waals surface area contributed by atoms with Crippen LogP contribution in [0.5, 0.6) is 0 Å². The molecular weight excluding hydrogens is 302 g/mol. The van der Waals surface area contributed by atoms with Crippen LogP contribution in [0, 0.1) is 18.3 Å². The third-order valence-electron chi connectivity index (χ3n) is 4.55. The van der Waals surface area contributed by atoms with Gasteiger partial charge in [0, 0.05) is 29.9 Å². The summed E-state index contributed by atoms with van der Waals surface area (Å²) in [5.74, 6) is 0.564. The van der Waals surface area contributed by atoms with E-state index in [4.69, 9.17) is 0 Å². The number of hydrogen-bond donors (Lipinski definition) is 1. The molecule has 3 heteroatoms. The number of halogens is 1. The predicted molar refractivity (Wildman–Crippen MR) is 84.7 cm³/mol. The van der Waals surface area contributed by atoms with Gasteiger partial charge in [0.2, 0.25) is 0 Å². The van der Waals surface area contributed by atoms with Crippen molar-refractivity contribution in [2.45, 2.75) is 33.6 Å². The van der Waals surface area contributed by atoms with Gasteiger partial charge in [-0.3, -0.25) is 0 Å². The average Bonchev–Trinajstić information content (AvgIpc) is 2.33. The van der Waals surface area contributed by atoms with E-state index in [1.54, 1.807) is 0 Å². The predicted octanol–water partition coefficient (Wildman–Crippen LogP) is 3.99.